The molecular weight excluding hydrogens is 234 g/mol. The third-order valence-corrected chi connectivity index (χ3v) is 2.06. The summed E-state index contributed by atoms with van der Waals surface area (Å²) in [7, 11) is 0. The van der Waals surface area contributed by atoms with Gasteiger partial charge < -0.3 is 4.74 Å². The van der Waals surface area contributed by atoms with Gasteiger partial charge in [0.15, 0.2) is 5.75 Å². The molecule has 5 nitrogen and oxygen atoms in total. The van der Waals surface area contributed by atoms with Crippen molar-refractivity contribution in [2.24, 2.45) is 0 Å². The van der Waals surface area contributed by atoms with Gasteiger partial charge in [-0.3, -0.25) is 14.9 Å². The molecule has 0 radical (unpaired) electrons. The van der Waals surface area contributed by atoms with E-state index in [1.54, 1.807) is 0 Å². The Labute approximate surface area is 97.1 Å². The van der Waals surface area contributed by atoms with E-state index in [1.807, 2.05) is 6.92 Å². The highest BCUT2D eigenvalue weighted by Crippen LogP contribution is 2.28. The summed E-state index contributed by atoms with van der Waals surface area (Å²) >= 11 is 5.23. The maximum absolute atomic E-state index is 10.8. The Morgan fingerprint density at radius 1 is 1.56 bits per heavy atom. The van der Waals surface area contributed by atoms with Crippen LogP contribution in [0, 0.1) is 10.1 Å². The molecule has 1 aromatic rings. The third-order valence-electron chi connectivity index (χ3n) is 1.84. The Hall–Kier alpha value is -1.62. The highest BCUT2D eigenvalue weighted by Gasteiger charge is 2.17. The van der Waals surface area contributed by atoms with Crippen molar-refractivity contribution in [1.29, 1.82) is 0 Å². The molecule has 16 heavy (non-hydrogen) atoms. The number of halogens is 1. The first-order chi connectivity index (χ1) is 7.56. The quantitative estimate of drug-likeness (QED) is 0.453. The van der Waals surface area contributed by atoms with Crippen molar-refractivity contribution < 1.29 is 14.5 Å². The number of nitrogens with zero attached hydrogens (tertiary/aromatic N) is 1. The van der Waals surface area contributed by atoms with E-state index in [0.29, 0.717) is 6.61 Å². The van der Waals surface area contributed by atoms with Crippen molar-refractivity contribution in [2.45, 2.75) is 13.3 Å². The van der Waals surface area contributed by atoms with Gasteiger partial charge in [-0.05, 0) is 30.2 Å². The molecule has 0 unspecified atom stereocenters. The van der Waals surface area contributed by atoms with Crippen molar-refractivity contribution in [1.82, 2.24) is 0 Å². The van der Waals surface area contributed by atoms with Gasteiger partial charge in [-0.2, -0.15) is 0 Å². The SMILES string of the molecule is CCCOc1ccc(C(=O)Cl)cc1[N+](=O)[O-]. The number of nitro benzene ring substituents is 1. The zero-order valence-corrected chi connectivity index (χ0v) is 9.36. The van der Waals surface area contributed by atoms with Crippen molar-refractivity contribution in [2.75, 3.05) is 6.61 Å². The summed E-state index contributed by atoms with van der Waals surface area (Å²) in [6.07, 6.45) is 0.743. The highest BCUT2D eigenvalue weighted by atomic mass is 35.5. The summed E-state index contributed by atoms with van der Waals surface area (Å²) in [6, 6.07) is 3.89. The van der Waals surface area contributed by atoms with Crippen LogP contribution in [0.3, 0.4) is 0 Å². The van der Waals surface area contributed by atoms with E-state index in [4.69, 9.17) is 16.3 Å². The van der Waals surface area contributed by atoms with Gasteiger partial charge in [-0.1, -0.05) is 6.92 Å². The molecule has 0 aromatic heterocycles. The number of benzene rings is 1. The summed E-state index contributed by atoms with van der Waals surface area (Å²) in [4.78, 5) is 21.0. The number of carbonyl (C=O) groups excluding carboxylic acids is 1. The van der Waals surface area contributed by atoms with Gasteiger partial charge in [-0.25, -0.2) is 0 Å². The van der Waals surface area contributed by atoms with E-state index in [0.717, 1.165) is 12.5 Å². The van der Waals surface area contributed by atoms with Crippen molar-refractivity contribution in [3.63, 3.8) is 0 Å². The molecule has 86 valence electrons. The van der Waals surface area contributed by atoms with Crippen molar-refractivity contribution in [3.05, 3.63) is 33.9 Å². The van der Waals surface area contributed by atoms with Crippen LogP contribution in [0.4, 0.5) is 5.69 Å². The minimum Gasteiger partial charge on any atom is -0.487 e. The molecule has 0 atom stereocenters. The summed E-state index contributed by atoms with van der Waals surface area (Å²) in [5.41, 5.74) is -0.169. The van der Waals surface area contributed by atoms with Crippen molar-refractivity contribution >= 4 is 22.5 Å². The molecule has 0 aliphatic heterocycles. The maximum Gasteiger partial charge on any atom is 0.311 e. The lowest BCUT2D eigenvalue weighted by Gasteiger charge is -2.05. The number of ether oxygens (including phenoxy) is 1. The number of carbonyl (C=O) groups is 1. The Bertz CT molecular complexity index is 419. The number of hydrogen-bond donors (Lipinski definition) is 0. The molecule has 0 aliphatic carbocycles. The lowest BCUT2D eigenvalue weighted by molar-refractivity contribution is -0.385. The predicted octanol–water partition coefficient (Wildman–Crippen LogP) is 2.76. The Morgan fingerprint density at radius 2 is 2.25 bits per heavy atom. The van der Waals surface area contributed by atoms with E-state index in [1.165, 1.54) is 12.1 Å². The van der Waals surface area contributed by atoms with Crippen LogP contribution < -0.4 is 4.74 Å². The van der Waals surface area contributed by atoms with Gasteiger partial charge in [0.1, 0.15) is 0 Å². The Kier molecular flexibility index (Phi) is 4.25. The molecule has 6 heteroatoms. The van der Waals surface area contributed by atoms with Crippen LogP contribution in [0.2, 0.25) is 0 Å². The fraction of sp³-hybridized carbons (Fsp3) is 0.300. The second-order valence-corrected chi connectivity index (χ2v) is 3.41. The first-order valence-corrected chi connectivity index (χ1v) is 5.05. The molecule has 0 heterocycles. The summed E-state index contributed by atoms with van der Waals surface area (Å²) in [6.45, 7) is 2.28. The zero-order chi connectivity index (χ0) is 12.1. The van der Waals surface area contributed by atoms with E-state index >= 15 is 0 Å². The normalized spacial score (nSPS) is 9.88. The molecule has 0 amide bonds. The third kappa shape index (κ3) is 2.93. The molecule has 0 N–H and O–H groups in total. The van der Waals surface area contributed by atoms with E-state index in [2.05, 4.69) is 0 Å². The Balaban J connectivity index is 3.09. The van der Waals surface area contributed by atoms with E-state index in [-0.39, 0.29) is 17.0 Å². The summed E-state index contributed by atoms with van der Waals surface area (Å²) in [5.74, 6) is 0.147. The molecule has 1 aromatic carbocycles. The lowest BCUT2D eigenvalue weighted by Crippen LogP contribution is -2.01. The predicted molar refractivity (Wildman–Crippen MR) is 59.1 cm³/mol. The number of hydrogen-bond acceptors (Lipinski definition) is 4. The van der Waals surface area contributed by atoms with Crippen molar-refractivity contribution in [3.8, 4) is 5.75 Å². The average Bonchev–Trinajstić information content (AvgIpc) is 2.25. The van der Waals surface area contributed by atoms with Gasteiger partial charge >= 0.3 is 5.69 Å². The highest BCUT2D eigenvalue weighted by molar-refractivity contribution is 6.67. The summed E-state index contributed by atoms with van der Waals surface area (Å²) < 4.78 is 5.19. The second kappa shape index (κ2) is 5.46. The van der Waals surface area contributed by atoms with Crippen LogP contribution >= 0.6 is 11.6 Å². The maximum atomic E-state index is 10.8. The monoisotopic (exact) mass is 243 g/mol. The van der Waals surface area contributed by atoms with E-state index < -0.39 is 10.2 Å². The Morgan fingerprint density at radius 3 is 2.75 bits per heavy atom. The van der Waals surface area contributed by atoms with Gasteiger partial charge in [-0.15, -0.1) is 0 Å². The van der Waals surface area contributed by atoms with Crippen LogP contribution in [0.25, 0.3) is 0 Å². The van der Waals surface area contributed by atoms with Gasteiger partial charge in [0.25, 0.3) is 5.24 Å². The van der Waals surface area contributed by atoms with Crippen LogP contribution in [0.5, 0.6) is 5.75 Å². The van der Waals surface area contributed by atoms with Crippen LogP contribution in [-0.2, 0) is 0 Å². The molecule has 1 rings (SSSR count). The van der Waals surface area contributed by atoms with Crippen LogP contribution in [0.1, 0.15) is 23.7 Å². The van der Waals surface area contributed by atoms with Crippen LogP contribution in [-0.4, -0.2) is 16.8 Å². The first-order valence-electron chi connectivity index (χ1n) is 4.67. The molecule has 0 fully saturated rings. The first kappa shape index (κ1) is 12.4. The van der Waals surface area contributed by atoms with Crippen LogP contribution in [0.15, 0.2) is 18.2 Å². The fourth-order valence-corrected chi connectivity index (χ4v) is 1.23. The second-order valence-electron chi connectivity index (χ2n) is 3.06. The number of nitro groups is 1. The smallest absolute Gasteiger partial charge is 0.311 e. The zero-order valence-electron chi connectivity index (χ0n) is 8.60. The molecule has 0 saturated carbocycles. The van der Waals surface area contributed by atoms with E-state index in [9.17, 15) is 14.9 Å². The fourth-order valence-electron chi connectivity index (χ4n) is 1.12. The lowest BCUT2D eigenvalue weighted by atomic mass is 10.2. The average molecular weight is 244 g/mol. The topological polar surface area (TPSA) is 69.4 Å². The number of rotatable bonds is 5. The largest absolute Gasteiger partial charge is 0.487 e. The minimum atomic E-state index is -0.731. The van der Waals surface area contributed by atoms with Gasteiger partial charge in [0.05, 0.1) is 11.5 Å². The molecule has 0 bridgehead atoms. The minimum absolute atomic E-state index is 0.0808. The summed E-state index contributed by atoms with van der Waals surface area (Å²) in [5, 5.41) is 10.00. The molecule has 0 aliphatic rings. The van der Waals surface area contributed by atoms with Gasteiger partial charge in [0.2, 0.25) is 0 Å². The molecule has 0 spiro atoms. The standard InChI is InChI=1S/C10H10ClNO4/c1-2-5-16-9-4-3-7(10(11)13)6-8(9)12(14)15/h3-4,6H,2,5H2,1H3. The molecular formula is C10H10ClNO4. The van der Waals surface area contributed by atoms with Gasteiger partial charge in [0, 0.05) is 11.6 Å². The molecule has 0 saturated heterocycles.